The van der Waals surface area contributed by atoms with Gasteiger partial charge < -0.3 is 15.7 Å². The highest BCUT2D eigenvalue weighted by Crippen LogP contribution is 2.24. The van der Waals surface area contributed by atoms with Gasteiger partial charge in [-0.05, 0) is 31.2 Å². The van der Waals surface area contributed by atoms with E-state index in [0.29, 0.717) is 11.4 Å². The van der Waals surface area contributed by atoms with Crippen molar-refractivity contribution in [2.75, 3.05) is 17.2 Å². The van der Waals surface area contributed by atoms with Crippen LogP contribution in [0.15, 0.2) is 48.7 Å². The molecule has 0 aliphatic heterocycles. The number of hydrogen-bond acceptors (Lipinski definition) is 6. The number of benzene rings is 1. The number of nitrogens with zero attached hydrogens (tertiary/aromatic N) is 3. The van der Waals surface area contributed by atoms with E-state index in [4.69, 9.17) is 0 Å². The standard InChI is InChI=1S/C18H17F2N5O/c1-11(10-26)22-18-24-16(14-4-2-3-7-21-14)9-17(25-18)23-15-8-12(19)5-6-13(15)20/h2-9,11,26H,10H2,1H3,(H2,22,23,24,25)/t11-/m1/s1. The quantitative estimate of drug-likeness (QED) is 0.628. The van der Waals surface area contributed by atoms with Gasteiger partial charge in [0.1, 0.15) is 17.5 Å². The van der Waals surface area contributed by atoms with Crippen molar-refractivity contribution in [2.45, 2.75) is 13.0 Å². The number of rotatable bonds is 6. The lowest BCUT2D eigenvalue weighted by atomic mass is 10.2. The molecule has 3 N–H and O–H groups in total. The Kier molecular flexibility index (Phi) is 5.33. The van der Waals surface area contributed by atoms with Crippen LogP contribution in [0.3, 0.4) is 0 Å². The highest BCUT2D eigenvalue weighted by Gasteiger charge is 2.12. The molecule has 0 fully saturated rings. The number of halogens is 2. The van der Waals surface area contributed by atoms with Crippen molar-refractivity contribution >= 4 is 17.5 Å². The molecule has 0 spiro atoms. The summed E-state index contributed by atoms with van der Waals surface area (Å²) in [4.78, 5) is 12.9. The van der Waals surface area contributed by atoms with Gasteiger partial charge in [-0.1, -0.05) is 6.07 Å². The zero-order valence-electron chi connectivity index (χ0n) is 13.9. The number of nitrogens with one attached hydrogen (secondary N) is 2. The molecule has 2 aromatic heterocycles. The van der Waals surface area contributed by atoms with Gasteiger partial charge in [-0.25, -0.2) is 13.8 Å². The highest BCUT2D eigenvalue weighted by atomic mass is 19.1. The molecule has 0 amide bonds. The molecule has 6 nitrogen and oxygen atoms in total. The maximum atomic E-state index is 13.9. The monoisotopic (exact) mass is 357 g/mol. The van der Waals surface area contributed by atoms with E-state index in [0.717, 1.165) is 18.2 Å². The van der Waals surface area contributed by atoms with E-state index in [9.17, 15) is 13.9 Å². The first kappa shape index (κ1) is 17.7. The number of aromatic nitrogens is 3. The average Bonchev–Trinajstić information content (AvgIpc) is 2.65. The van der Waals surface area contributed by atoms with Gasteiger partial charge in [0.25, 0.3) is 0 Å². The third kappa shape index (κ3) is 4.28. The predicted molar refractivity (Wildman–Crippen MR) is 95.1 cm³/mol. The zero-order chi connectivity index (χ0) is 18.5. The number of aliphatic hydroxyl groups excluding tert-OH is 1. The van der Waals surface area contributed by atoms with Crippen molar-refractivity contribution in [3.8, 4) is 11.4 Å². The van der Waals surface area contributed by atoms with Crippen LogP contribution in [0.25, 0.3) is 11.4 Å². The predicted octanol–water partition coefficient (Wildman–Crippen LogP) is 3.35. The molecule has 0 saturated heterocycles. The molecule has 0 radical (unpaired) electrons. The Morgan fingerprint density at radius 3 is 2.65 bits per heavy atom. The second-order valence-electron chi connectivity index (χ2n) is 5.65. The average molecular weight is 357 g/mol. The maximum Gasteiger partial charge on any atom is 0.225 e. The molecule has 8 heteroatoms. The number of hydrogen-bond donors (Lipinski definition) is 3. The van der Waals surface area contributed by atoms with Gasteiger partial charge in [-0.15, -0.1) is 0 Å². The molecule has 0 unspecified atom stereocenters. The van der Waals surface area contributed by atoms with Crippen molar-refractivity contribution in [3.05, 3.63) is 60.3 Å². The Morgan fingerprint density at radius 2 is 1.92 bits per heavy atom. The van der Waals surface area contributed by atoms with Crippen LogP contribution in [-0.4, -0.2) is 32.7 Å². The number of aliphatic hydroxyl groups is 1. The Hall–Kier alpha value is -3.13. The SMILES string of the molecule is C[C@H](CO)Nc1nc(Nc2cc(F)ccc2F)cc(-c2ccccn2)n1. The second-order valence-corrected chi connectivity index (χ2v) is 5.65. The fourth-order valence-electron chi connectivity index (χ4n) is 2.22. The van der Waals surface area contributed by atoms with Crippen LogP contribution in [0.4, 0.5) is 26.2 Å². The van der Waals surface area contributed by atoms with E-state index in [2.05, 4.69) is 25.6 Å². The van der Waals surface area contributed by atoms with Gasteiger partial charge in [0, 0.05) is 24.4 Å². The van der Waals surface area contributed by atoms with Crippen LogP contribution >= 0.6 is 0 Å². The minimum absolute atomic E-state index is 0.0446. The van der Waals surface area contributed by atoms with E-state index in [1.807, 2.05) is 6.07 Å². The molecule has 134 valence electrons. The van der Waals surface area contributed by atoms with Gasteiger partial charge in [-0.3, -0.25) is 4.98 Å². The van der Waals surface area contributed by atoms with Gasteiger partial charge in [0.15, 0.2) is 0 Å². The lowest BCUT2D eigenvalue weighted by molar-refractivity contribution is 0.281. The summed E-state index contributed by atoms with van der Waals surface area (Å²) in [6.45, 7) is 1.65. The number of anilines is 3. The van der Waals surface area contributed by atoms with Crippen LogP contribution < -0.4 is 10.6 Å². The first-order valence-electron chi connectivity index (χ1n) is 7.95. The molecular formula is C18H17F2N5O. The topological polar surface area (TPSA) is 83.0 Å². The first-order valence-corrected chi connectivity index (χ1v) is 7.95. The summed E-state index contributed by atoms with van der Waals surface area (Å²) < 4.78 is 27.3. The van der Waals surface area contributed by atoms with Gasteiger partial charge in [0.05, 0.1) is 23.7 Å². The third-order valence-electron chi connectivity index (χ3n) is 3.49. The summed E-state index contributed by atoms with van der Waals surface area (Å²) in [6, 6.07) is 9.78. The van der Waals surface area contributed by atoms with E-state index in [1.165, 1.54) is 0 Å². The summed E-state index contributed by atoms with van der Waals surface area (Å²) in [5.74, 6) is -0.686. The first-order chi connectivity index (χ1) is 12.5. The van der Waals surface area contributed by atoms with Crippen LogP contribution in [0, 0.1) is 11.6 Å². The Balaban J connectivity index is 2.00. The minimum Gasteiger partial charge on any atom is -0.394 e. The maximum absolute atomic E-state index is 13.9. The second kappa shape index (κ2) is 7.83. The van der Waals surface area contributed by atoms with Crippen LogP contribution in [0.1, 0.15) is 6.92 Å². The van der Waals surface area contributed by atoms with Crippen molar-refractivity contribution in [1.82, 2.24) is 15.0 Å². The zero-order valence-corrected chi connectivity index (χ0v) is 13.9. The third-order valence-corrected chi connectivity index (χ3v) is 3.49. The summed E-state index contributed by atoms with van der Waals surface area (Å²) in [6.07, 6.45) is 1.63. The van der Waals surface area contributed by atoms with E-state index < -0.39 is 11.6 Å². The molecule has 0 bridgehead atoms. The molecule has 0 saturated carbocycles. The van der Waals surface area contributed by atoms with Crippen molar-refractivity contribution in [2.24, 2.45) is 0 Å². The van der Waals surface area contributed by atoms with E-state index in [1.54, 1.807) is 31.3 Å². The number of pyridine rings is 1. The molecule has 26 heavy (non-hydrogen) atoms. The lowest BCUT2D eigenvalue weighted by Gasteiger charge is -2.14. The normalized spacial score (nSPS) is 11.8. The van der Waals surface area contributed by atoms with Crippen LogP contribution in [0.5, 0.6) is 0 Å². The largest absolute Gasteiger partial charge is 0.394 e. The summed E-state index contributed by atoms with van der Waals surface area (Å²) in [7, 11) is 0. The van der Waals surface area contributed by atoms with Crippen LogP contribution in [0.2, 0.25) is 0 Å². The van der Waals surface area contributed by atoms with Crippen molar-refractivity contribution < 1.29 is 13.9 Å². The van der Waals surface area contributed by atoms with Crippen molar-refractivity contribution in [3.63, 3.8) is 0 Å². The molecule has 0 aliphatic rings. The van der Waals surface area contributed by atoms with E-state index in [-0.39, 0.29) is 30.1 Å². The van der Waals surface area contributed by atoms with Crippen LogP contribution in [-0.2, 0) is 0 Å². The fourth-order valence-corrected chi connectivity index (χ4v) is 2.22. The summed E-state index contributed by atoms with van der Waals surface area (Å²) >= 11 is 0. The van der Waals surface area contributed by atoms with Crippen molar-refractivity contribution in [1.29, 1.82) is 0 Å². The molecule has 3 aromatic rings. The Morgan fingerprint density at radius 1 is 1.08 bits per heavy atom. The molecule has 0 aliphatic carbocycles. The Labute approximate surface area is 149 Å². The molecule has 1 atom stereocenters. The van der Waals surface area contributed by atoms with E-state index >= 15 is 0 Å². The Bertz CT molecular complexity index is 892. The van der Waals surface area contributed by atoms with Gasteiger partial charge in [0.2, 0.25) is 5.95 Å². The molecule has 1 aromatic carbocycles. The molecular weight excluding hydrogens is 340 g/mol. The smallest absolute Gasteiger partial charge is 0.225 e. The lowest BCUT2D eigenvalue weighted by Crippen LogP contribution is -2.21. The highest BCUT2D eigenvalue weighted by molar-refractivity contribution is 5.65. The van der Waals surface area contributed by atoms with Gasteiger partial charge >= 0.3 is 0 Å². The van der Waals surface area contributed by atoms with Gasteiger partial charge in [-0.2, -0.15) is 4.98 Å². The summed E-state index contributed by atoms with van der Waals surface area (Å²) in [5, 5.41) is 14.9. The summed E-state index contributed by atoms with van der Waals surface area (Å²) in [5.41, 5.74) is 1.04. The molecule has 3 rings (SSSR count). The fraction of sp³-hybridized carbons (Fsp3) is 0.167. The molecule has 2 heterocycles. The minimum atomic E-state index is -0.609.